The average Bonchev–Trinajstić information content (AvgIpc) is 2.69. The van der Waals surface area contributed by atoms with Gasteiger partial charge < -0.3 is 15.1 Å². The SMILES string of the molecule is CC1CCN(c2ccc(NC(=O)CN3CCCc4ccccc43)cc2)CC1. The first kappa shape index (κ1) is 17.9. The Morgan fingerprint density at radius 2 is 1.78 bits per heavy atom. The maximum absolute atomic E-state index is 12.5. The minimum atomic E-state index is 0.0475. The molecule has 1 N–H and O–H groups in total. The van der Waals surface area contributed by atoms with Crippen LogP contribution in [0.25, 0.3) is 0 Å². The molecule has 2 aromatic rings. The number of carbonyl (C=O) groups is 1. The molecule has 4 rings (SSSR count). The normalized spacial score (nSPS) is 17.5. The van der Waals surface area contributed by atoms with Gasteiger partial charge in [-0.05, 0) is 67.5 Å². The Kier molecular flexibility index (Phi) is 5.33. The first-order valence-corrected chi connectivity index (χ1v) is 10.2. The molecule has 0 bridgehead atoms. The van der Waals surface area contributed by atoms with E-state index in [2.05, 4.69) is 58.4 Å². The third kappa shape index (κ3) is 4.26. The topological polar surface area (TPSA) is 35.6 Å². The van der Waals surface area contributed by atoms with E-state index in [9.17, 15) is 4.79 Å². The predicted molar refractivity (Wildman–Crippen MR) is 113 cm³/mol. The van der Waals surface area contributed by atoms with Gasteiger partial charge in [0.25, 0.3) is 0 Å². The molecule has 0 aromatic heterocycles. The highest BCUT2D eigenvalue weighted by molar-refractivity contribution is 5.94. The number of anilines is 3. The molecular formula is C23H29N3O. The molecule has 1 amide bonds. The van der Waals surface area contributed by atoms with Crippen molar-refractivity contribution < 1.29 is 4.79 Å². The summed E-state index contributed by atoms with van der Waals surface area (Å²) in [6.45, 7) is 5.93. The third-order valence-corrected chi connectivity index (χ3v) is 5.84. The Balaban J connectivity index is 1.35. The quantitative estimate of drug-likeness (QED) is 0.879. The molecule has 2 aromatic carbocycles. The maximum Gasteiger partial charge on any atom is 0.243 e. The van der Waals surface area contributed by atoms with Gasteiger partial charge in [-0.3, -0.25) is 4.79 Å². The van der Waals surface area contributed by atoms with Crippen LogP contribution in [0.3, 0.4) is 0 Å². The average molecular weight is 364 g/mol. The summed E-state index contributed by atoms with van der Waals surface area (Å²) >= 11 is 0. The van der Waals surface area contributed by atoms with E-state index in [1.807, 2.05) is 12.1 Å². The molecule has 0 saturated carbocycles. The van der Waals surface area contributed by atoms with Gasteiger partial charge in [0.2, 0.25) is 5.91 Å². The number of nitrogens with one attached hydrogen (secondary N) is 1. The van der Waals surface area contributed by atoms with Crippen LogP contribution in [-0.2, 0) is 11.2 Å². The highest BCUT2D eigenvalue weighted by Gasteiger charge is 2.19. The minimum absolute atomic E-state index is 0.0475. The first-order chi connectivity index (χ1) is 13.2. The molecule has 1 fully saturated rings. The van der Waals surface area contributed by atoms with Crippen molar-refractivity contribution in [2.45, 2.75) is 32.6 Å². The van der Waals surface area contributed by atoms with E-state index < -0.39 is 0 Å². The Morgan fingerprint density at radius 1 is 1.04 bits per heavy atom. The molecule has 2 aliphatic heterocycles. The number of carbonyl (C=O) groups excluding carboxylic acids is 1. The number of benzene rings is 2. The van der Waals surface area contributed by atoms with Gasteiger partial charge in [0, 0.05) is 36.7 Å². The number of aryl methyl sites for hydroxylation is 1. The van der Waals surface area contributed by atoms with Crippen LogP contribution in [0.5, 0.6) is 0 Å². The second-order valence-electron chi connectivity index (χ2n) is 7.92. The number of hydrogen-bond acceptors (Lipinski definition) is 3. The summed E-state index contributed by atoms with van der Waals surface area (Å²) in [4.78, 5) is 17.2. The molecule has 0 atom stereocenters. The van der Waals surface area contributed by atoms with Gasteiger partial charge in [0.05, 0.1) is 6.54 Å². The monoisotopic (exact) mass is 363 g/mol. The van der Waals surface area contributed by atoms with Crippen molar-refractivity contribution in [1.82, 2.24) is 0 Å². The van der Waals surface area contributed by atoms with E-state index in [1.54, 1.807) is 0 Å². The molecule has 1 saturated heterocycles. The molecule has 2 aliphatic rings. The summed E-state index contributed by atoms with van der Waals surface area (Å²) in [6, 6.07) is 16.7. The van der Waals surface area contributed by atoms with Crippen molar-refractivity contribution >= 4 is 23.0 Å². The molecule has 0 spiro atoms. The van der Waals surface area contributed by atoms with Gasteiger partial charge in [0.1, 0.15) is 0 Å². The highest BCUT2D eigenvalue weighted by atomic mass is 16.2. The van der Waals surface area contributed by atoms with E-state index in [1.165, 1.54) is 29.8 Å². The molecule has 4 nitrogen and oxygen atoms in total. The zero-order valence-corrected chi connectivity index (χ0v) is 16.2. The largest absolute Gasteiger partial charge is 0.372 e. The smallest absolute Gasteiger partial charge is 0.243 e. The Labute approximate surface area is 162 Å². The number of hydrogen-bond donors (Lipinski definition) is 1. The van der Waals surface area contributed by atoms with E-state index in [0.29, 0.717) is 6.54 Å². The van der Waals surface area contributed by atoms with Crippen LogP contribution in [0.1, 0.15) is 31.7 Å². The molecule has 4 heteroatoms. The van der Waals surface area contributed by atoms with Crippen LogP contribution >= 0.6 is 0 Å². The number of piperidine rings is 1. The van der Waals surface area contributed by atoms with Crippen molar-refractivity contribution in [1.29, 1.82) is 0 Å². The number of nitrogens with zero attached hydrogens (tertiary/aromatic N) is 2. The van der Waals surface area contributed by atoms with Crippen LogP contribution in [0.15, 0.2) is 48.5 Å². The Bertz CT molecular complexity index is 778. The fourth-order valence-electron chi connectivity index (χ4n) is 4.17. The van der Waals surface area contributed by atoms with Crippen molar-refractivity contribution in [3.63, 3.8) is 0 Å². The van der Waals surface area contributed by atoms with Gasteiger partial charge >= 0.3 is 0 Å². The zero-order valence-electron chi connectivity index (χ0n) is 16.2. The summed E-state index contributed by atoms with van der Waals surface area (Å²) in [5, 5.41) is 3.06. The lowest BCUT2D eigenvalue weighted by Gasteiger charge is -2.32. The molecule has 0 unspecified atom stereocenters. The third-order valence-electron chi connectivity index (χ3n) is 5.84. The predicted octanol–water partition coefficient (Wildman–Crippen LogP) is 4.31. The van der Waals surface area contributed by atoms with Gasteiger partial charge in [0.15, 0.2) is 0 Å². The van der Waals surface area contributed by atoms with Crippen LogP contribution in [0.4, 0.5) is 17.1 Å². The first-order valence-electron chi connectivity index (χ1n) is 10.2. The van der Waals surface area contributed by atoms with E-state index in [-0.39, 0.29) is 5.91 Å². The van der Waals surface area contributed by atoms with Crippen LogP contribution in [-0.4, -0.2) is 32.1 Å². The van der Waals surface area contributed by atoms with Crippen molar-refractivity contribution in [3.05, 3.63) is 54.1 Å². The summed E-state index contributed by atoms with van der Waals surface area (Å²) in [5.74, 6) is 0.881. The van der Waals surface area contributed by atoms with Crippen LogP contribution in [0.2, 0.25) is 0 Å². The minimum Gasteiger partial charge on any atom is -0.372 e. The summed E-state index contributed by atoms with van der Waals surface area (Å²) in [5.41, 5.74) is 4.68. The van der Waals surface area contributed by atoms with E-state index in [4.69, 9.17) is 0 Å². The Morgan fingerprint density at radius 3 is 2.56 bits per heavy atom. The molecule has 27 heavy (non-hydrogen) atoms. The second-order valence-corrected chi connectivity index (χ2v) is 7.92. The lowest BCUT2D eigenvalue weighted by atomic mass is 9.99. The number of rotatable bonds is 4. The Hall–Kier alpha value is -2.49. The second kappa shape index (κ2) is 8.03. The fraction of sp³-hybridized carbons (Fsp3) is 0.435. The van der Waals surface area contributed by atoms with Crippen LogP contribution < -0.4 is 15.1 Å². The van der Waals surface area contributed by atoms with Crippen molar-refractivity contribution in [3.8, 4) is 0 Å². The van der Waals surface area contributed by atoms with E-state index in [0.717, 1.165) is 44.1 Å². The van der Waals surface area contributed by atoms with Gasteiger partial charge in [-0.1, -0.05) is 25.1 Å². The number of fused-ring (bicyclic) bond motifs is 1. The number of amides is 1. The van der Waals surface area contributed by atoms with Crippen molar-refractivity contribution in [2.24, 2.45) is 5.92 Å². The summed E-state index contributed by atoms with van der Waals surface area (Å²) in [7, 11) is 0. The van der Waals surface area contributed by atoms with Gasteiger partial charge in [-0.25, -0.2) is 0 Å². The highest BCUT2D eigenvalue weighted by Crippen LogP contribution is 2.27. The summed E-state index contributed by atoms with van der Waals surface area (Å²) in [6.07, 6.45) is 4.73. The molecule has 142 valence electrons. The molecule has 2 heterocycles. The zero-order chi connectivity index (χ0) is 18.6. The van der Waals surface area contributed by atoms with Gasteiger partial charge in [-0.15, -0.1) is 0 Å². The summed E-state index contributed by atoms with van der Waals surface area (Å²) < 4.78 is 0. The standard InChI is InChI=1S/C23H29N3O/c1-18-12-15-25(16-13-18)21-10-8-20(9-11-21)24-23(27)17-26-14-4-6-19-5-2-3-7-22(19)26/h2-3,5,7-11,18H,4,6,12-17H2,1H3,(H,24,27). The maximum atomic E-state index is 12.5. The lowest BCUT2D eigenvalue weighted by molar-refractivity contribution is -0.115. The number of para-hydroxylation sites is 1. The van der Waals surface area contributed by atoms with E-state index >= 15 is 0 Å². The molecule has 0 radical (unpaired) electrons. The lowest BCUT2D eigenvalue weighted by Crippen LogP contribution is -2.36. The van der Waals surface area contributed by atoms with Crippen LogP contribution in [0, 0.1) is 5.92 Å². The van der Waals surface area contributed by atoms with Gasteiger partial charge in [-0.2, -0.15) is 0 Å². The molecular weight excluding hydrogens is 334 g/mol. The van der Waals surface area contributed by atoms with Crippen molar-refractivity contribution in [2.75, 3.05) is 41.3 Å². The molecule has 0 aliphatic carbocycles. The fourth-order valence-corrected chi connectivity index (χ4v) is 4.17.